The fourth-order valence-electron chi connectivity index (χ4n) is 1.78. The van der Waals surface area contributed by atoms with Crippen molar-refractivity contribution in [3.8, 4) is 0 Å². The Kier molecular flexibility index (Phi) is 3.16. The number of nitrogens with one attached hydrogen (secondary N) is 2. The van der Waals surface area contributed by atoms with E-state index in [0.717, 1.165) is 44.8 Å². The summed E-state index contributed by atoms with van der Waals surface area (Å²) in [4.78, 5) is 7.93. The minimum Gasteiger partial charge on any atom is -0.385 e. The minimum atomic E-state index is 0.809. The van der Waals surface area contributed by atoms with Gasteiger partial charge in [-0.1, -0.05) is 0 Å². The van der Waals surface area contributed by atoms with Crippen LogP contribution in [0, 0.1) is 0 Å². The van der Waals surface area contributed by atoms with Gasteiger partial charge in [0.2, 0.25) is 0 Å². The predicted octanol–water partition coefficient (Wildman–Crippen LogP) is 0.634. The molecule has 0 saturated carbocycles. The van der Waals surface area contributed by atoms with Gasteiger partial charge < -0.3 is 15.0 Å². The minimum absolute atomic E-state index is 0.809. The fraction of sp³-hybridized carbons (Fsp3) is 0.700. The zero-order valence-corrected chi connectivity index (χ0v) is 8.60. The lowest BCUT2D eigenvalue weighted by molar-refractivity contribution is 0.194. The summed E-state index contributed by atoms with van der Waals surface area (Å²) in [6.07, 6.45) is 3.08. The van der Waals surface area contributed by atoms with Gasteiger partial charge in [-0.25, -0.2) is 4.98 Å². The molecule has 1 aliphatic heterocycles. The zero-order valence-electron chi connectivity index (χ0n) is 8.60. The summed E-state index contributed by atoms with van der Waals surface area (Å²) >= 11 is 0. The molecule has 0 saturated heterocycles. The van der Waals surface area contributed by atoms with Crippen LogP contribution >= 0.6 is 0 Å². The molecule has 0 radical (unpaired) electrons. The third-order valence-electron chi connectivity index (χ3n) is 2.52. The monoisotopic (exact) mass is 195 g/mol. The maximum absolute atomic E-state index is 5.01. The van der Waals surface area contributed by atoms with Crippen LogP contribution in [-0.4, -0.2) is 30.2 Å². The zero-order chi connectivity index (χ0) is 9.80. The second-order valence-electron chi connectivity index (χ2n) is 3.63. The second kappa shape index (κ2) is 4.57. The first-order chi connectivity index (χ1) is 6.90. The van der Waals surface area contributed by atoms with E-state index in [1.54, 1.807) is 7.11 Å². The number of aryl methyl sites for hydroxylation is 1. The number of fused-ring (bicyclic) bond motifs is 1. The number of aromatic nitrogens is 2. The Bertz CT molecular complexity index is 272. The van der Waals surface area contributed by atoms with E-state index in [-0.39, 0.29) is 0 Å². The van der Waals surface area contributed by atoms with Crippen LogP contribution in [0.3, 0.4) is 0 Å². The Morgan fingerprint density at radius 3 is 3.21 bits per heavy atom. The summed E-state index contributed by atoms with van der Waals surface area (Å²) in [5.41, 5.74) is 2.51. The quantitative estimate of drug-likeness (QED) is 0.693. The first kappa shape index (κ1) is 9.68. The average Bonchev–Trinajstić information content (AvgIpc) is 2.60. The number of rotatable bonds is 4. The Morgan fingerprint density at radius 1 is 1.50 bits per heavy atom. The molecule has 0 atom stereocenters. The van der Waals surface area contributed by atoms with Crippen LogP contribution in [0.2, 0.25) is 0 Å². The number of imidazole rings is 1. The molecule has 78 valence electrons. The van der Waals surface area contributed by atoms with Crippen LogP contribution in [0.1, 0.15) is 23.6 Å². The smallest absolute Gasteiger partial charge is 0.106 e. The number of hydrogen-bond acceptors (Lipinski definition) is 3. The molecule has 0 spiro atoms. The Balaban J connectivity index is 1.94. The summed E-state index contributed by atoms with van der Waals surface area (Å²) in [5, 5.41) is 3.33. The molecule has 4 nitrogen and oxygen atoms in total. The molecule has 0 bridgehead atoms. The van der Waals surface area contributed by atoms with E-state index in [2.05, 4.69) is 15.3 Å². The highest BCUT2D eigenvalue weighted by molar-refractivity contribution is 5.17. The SMILES string of the molecule is COCCCc1nc2c([nH]1)CNCC2. The van der Waals surface area contributed by atoms with Gasteiger partial charge in [-0.3, -0.25) is 0 Å². The van der Waals surface area contributed by atoms with Gasteiger partial charge in [0.05, 0.1) is 11.4 Å². The summed E-state index contributed by atoms with van der Waals surface area (Å²) in [6.45, 7) is 2.80. The van der Waals surface area contributed by atoms with Crippen LogP contribution < -0.4 is 5.32 Å². The van der Waals surface area contributed by atoms with Gasteiger partial charge in [0.25, 0.3) is 0 Å². The molecular weight excluding hydrogens is 178 g/mol. The lowest BCUT2D eigenvalue weighted by atomic mass is 10.2. The van der Waals surface area contributed by atoms with Gasteiger partial charge in [-0.15, -0.1) is 0 Å². The molecule has 0 amide bonds. The van der Waals surface area contributed by atoms with Gasteiger partial charge in [-0.2, -0.15) is 0 Å². The first-order valence-corrected chi connectivity index (χ1v) is 5.16. The highest BCUT2D eigenvalue weighted by Gasteiger charge is 2.13. The van der Waals surface area contributed by atoms with Gasteiger partial charge >= 0.3 is 0 Å². The lowest BCUT2D eigenvalue weighted by Gasteiger charge is -2.09. The van der Waals surface area contributed by atoms with Crippen LogP contribution in [0.4, 0.5) is 0 Å². The number of ether oxygens (including phenoxy) is 1. The normalized spacial score (nSPS) is 15.5. The largest absolute Gasteiger partial charge is 0.385 e. The lowest BCUT2D eigenvalue weighted by Crippen LogP contribution is -2.23. The molecule has 2 rings (SSSR count). The number of aromatic amines is 1. The molecule has 0 fully saturated rings. The summed E-state index contributed by atoms with van der Waals surface area (Å²) in [7, 11) is 1.73. The summed E-state index contributed by atoms with van der Waals surface area (Å²) in [5.74, 6) is 1.11. The molecule has 1 aliphatic rings. The molecule has 14 heavy (non-hydrogen) atoms. The van der Waals surface area contributed by atoms with Crippen molar-refractivity contribution < 1.29 is 4.74 Å². The van der Waals surface area contributed by atoms with Crippen LogP contribution in [-0.2, 0) is 24.1 Å². The number of hydrogen-bond donors (Lipinski definition) is 2. The van der Waals surface area contributed by atoms with Crippen molar-refractivity contribution >= 4 is 0 Å². The van der Waals surface area contributed by atoms with E-state index in [9.17, 15) is 0 Å². The third kappa shape index (κ3) is 2.13. The molecule has 1 aromatic heterocycles. The molecule has 2 N–H and O–H groups in total. The van der Waals surface area contributed by atoms with E-state index in [1.807, 2.05) is 0 Å². The second-order valence-corrected chi connectivity index (χ2v) is 3.63. The predicted molar refractivity (Wildman–Crippen MR) is 54.2 cm³/mol. The number of nitrogens with zero attached hydrogens (tertiary/aromatic N) is 1. The van der Waals surface area contributed by atoms with Crippen molar-refractivity contribution in [2.24, 2.45) is 0 Å². The Labute approximate surface area is 84.1 Å². The molecule has 4 heteroatoms. The van der Waals surface area contributed by atoms with Crippen LogP contribution in [0.15, 0.2) is 0 Å². The van der Waals surface area contributed by atoms with E-state index in [4.69, 9.17) is 4.74 Å². The third-order valence-corrected chi connectivity index (χ3v) is 2.52. The average molecular weight is 195 g/mol. The maximum atomic E-state index is 5.01. The van der Waals surface area contributed by atoms with Crippen molar-refractivity contribution in [3.05, 3.63) is 17.2 Å². The van der Waals surface area contributed by atoms with Crippen molar-refractivity contribution in [1.82, 2.24) is 15.3 Å². The first-order valence-electron chi connectivity index (χ1n) is 5.16. The molecule has 0 aliphatic carbocycles. The maximum Gasteiger partial charge on any atom is 0.106 e. The van der Waals surface area contributed by atoms with Crippen molar-refractivity contribution in [1.29, 1.82) is 0 Å². The van der Waals surface area contributed by atoms with Crippen molar-refractivity contribution in [2.45, 2.75) is 25.8 Å². The molecule has 0 aromatic carbocycles. The summed E-state index contributed by atoms with van der Waals surface area (Å²) < 4.78 is 5.01. The van der Waals surface area contributed by atoms with Crippen molar-refractivity contribution in [3.63, 3.8) is 0 Å². The van der Waals surface area contributed by atoms with Gasteiger partial charge in [0, 0.05) is 39.6 Å². The highest BCUT2D eigenvalue weighted by Crippen LogP contribution is 2.11. The van der Waals surface area contributed by atoms with E-state index >= 15 is 0 Å². The molecule has 2 heterocycles. The highest BCUT2D eigenvalue weighted by atomic mass is 16.5. The summed E-state index contributed by atoms with van der Waals surface area (Å²) in [6, 6.07) is 0. The fourth-order valence-corrected chi connectivity index (χ4v) is 1.78. The molecule has 1 aromatic rings. The molecule has 0 unspecified atom stereocenters. The molecular formula is C10H17N3O. The Morgan fingerprint density at radius 2 is 2.43 bits per heavy atom. The van der Waals surface area contributed by atoms with Gasteiger partial charge in [0.15, 0.2) is 0 Å². The standard InChI is InChI=1S/C10H17N3O/c1-14-6-2-3-10-12-8-4-5-11-7-9(8)13-10/h11H,2-7H2,1H3,(H,12,13). The van der Waals surface area contributed by atoms with Crippen LogP contribution in [0.25, 0.3) is 0 Å². The number of methoxy groups -OCH3 is 1. The van der Waals surface area contributed by atoms with Gasteiger partial charge in [-0.05, 0) is 6.42 Å². The van der Waals surface area contributed by atoms with Crippen molar-refractivity contribution in [2.75, 3.05) is 20.3 Å². The topological polar surface area (TPSA) is 49.9 Å². The van der Waals surface area contributed by atoms with Crippen LogP contribution in [0.5, 0.6) is 0 Å². The van der Waals surface area contributed by atoms with E-state index in [1.165, 1.54) is 11.4 Å². The van der Waals surface area contributed by atoms with Gasteiger partial charge in [0.1, 0.15) is 5.82 Å². The van der Waals surface area contributed by atoms with E-state index in [0.29, 0.717) is 0 Å². The number of H-pyrrole nitrogens is 1. The van der Waals surface area contributed by atoms with E-state index < -0.39 is 0 Å². The Hall–Kier alpha value is -0.870.